The number of hydrazone groups is 1. The van der Waals surface area contributed by atoms with Gasteiger partial charge < -0.3 is 13.9 Å². The third-order valence-corrected chi connectivity index (χ3v) is 5.44. The molecule has 170 valence electrons. The molecule has 1 aliphatic heterocycles. The van der Waals surface area contributed by atoms with Crippen molar-refractivity contribution < 1.29 is 18.7 Å². The van der Waals surface area contributed by atoms with Crippen molar-refractivity contribution in [3.05, 3.63) is 60.2 Å². The average molecular weight is 438 g/mol. The summed E-state index contributed by atoms with van der Waals surface area (Å²) in [5.74, 6) is 1.27. The normalized spacial score (nSPS) is 16.8. The summed E-state index contributed by atoms with van der Waals surface area (Å²) in [7, 11) is 0. The number of benzene rings is 1. The minimum absolute atomic E-state index is 0.0316. The van der Waals surface area contributed by atoms with Crippen LogP contribution in [0.25, 0.3) is 11.0 Å². The van der Waals surface area contributed by atoms with E-state index in [1.54, 1.807) is 6.26 Å². The zero-order valence-electron chi connectivity index (χ0n) is 19.0. The highest BCUT2D eigenvalue weighted by molar-refractivity contribution is 6.03. The van der Waals surface area contributed by atoms with Gasteiger partial charge in [0.15, 0.2) is 5.76 Å². The van der Waals surface area contributed by atoms with Crippen molar-refractivity contribution in [1.29, 1.82) is 0 Å². The first-order chi connectivity index (χ1) is 15.3. The molecule has 1 amide bonds. The molecule has 0 saturated carbocycles. The van der Waals surface area contributed by atoms with Gasteiger partial charge in [-0.3, -0.25) is 9.69 Å². The van der Waals surface area contributed by atoms with Crippen LogP contribution < -0.4 is 0 Å². The number of amides is 1. The van der Waals surface area contributed by atoms with E-state index in [0.717, 1.165) is 23.2 Å². The molecule has 7 heteroatoms. The lowest BCUT2D eigenvalue weighted by molar-refractivity contribution is -0.135. The van der Waals surface area contributed by atoms with E-state index in [-0.39, 0.29) is 30.5 Å². The molecule has 0 aliphatic carbocycles. The second kappa shape index (κ2) is 9.30. The van der Waals surface area contributed by atoms with E-state index in [4.69, 9.17) is 13.9 Å². The molecule has 1 N–H and O–H groups in total. The fraction of sp³-hybridized carbons (Fsp3) is 0.440. The number of hydrogen-bond acceptors (Lipinski definition) is 6. The lowest BCUT2D eigenvalue weighted by atomic mass is 9.96. The predicted molar refractivity (Wildman–Crippen MR) is 123 cm³/mol. The van der Waals surface area contributed by atoms with Gasteiger partial charge in [-0.2, -0.15) is 5.10 Å². The third kappa shape index (κ3) is 5.11. The van der Waals surface area contributed by atoms with Gasteiger partial charge in [-0.1, -0.05) is 39.0 Å². The smallest absolute Gasteiger partial charge is 0.257 e. The van der Waals surface area contributed by atoms with Gasteiger partial charge in [0, 0.05) is 31.5 Å². The van der Waals surface area contributed by atoms with Gasteiger partial charge in [0.1, 0.15) is 23.1 Å². The summed E-state index contributed by atoms with van der Waals surface area (Å²) in [5.41, 5.74) is 1.56. The number of carbonyl (C=O) groups excluding carboxylic acids is 1. The van der Waals surface area contributed by atoms with Crippen molar-refractivity contribution in [2.45, 2.75) is 39.7 Å². The van der Waals surface area contributed by atoms with Gasteiger partial charge in [0.2, 0.25) is 0 Å². The number of para-hydroxylation sites is 1. The van der Waals surface area contributed by atoms with Crippen LogP contribution >= 0.6 is 0 Å². The maximum Gasteiger partial charge on any atom is 0.257 e. The van der Waals surface area contributed by atoms with Crippen LogP contribution in [0.4, 0.5) is 0 Å². The first-order valence-corrected chi connectivity index (χ1v) is 11.1. The highest BCUT2D eigenvalue weighted by atomic mass is 16.3. The van der Waals surface area contributed by atoms with Crippen LogP contribution in [0.1, 0.15) is 51.2 Å². The molecule has 3 heterocycles. The number of nitrogens with zero attached hydrogens (tertiary/aromatic N) is 3. The summed E-state index contributed by atoms with van der Waals surface area (Å²) >= 11 is 0. The van der Waals surface area contributed by atoms with Crippen molar-refractivity contribution in [2.24, 2.45) is 10.5 Å². The number of hydrogen-bond donors (Lipinski definition) is 1. The Morgan fingerprint density at radius 3 is 2.75 bits per heavy atom. The average Bonchev–Trinajstić information content (AvgIpc) is 3.49. The maximum atomic E-state index is 13.4. The van der Waals surface area contributed by atoms with E-state index < -0.39 is 0 Å². The summed E-state index contributed by atoms with van der Waals surface area (Å²) in [5, 5.41) is 16.5. The van der Waals surface area contributed by atoms with Crippen molar-refractivity contribution in [3.8, 4) is 0 Å². The van der Waals surface area contributed by atoms with Gasteiger partial charge in [-0.25, -0.2) is 5.01 Å². The lowest BCUT2D eigenvalue weighted by Crippen LogP contribution is -2.42. The van der Waals surface area contributed by atoms with Crippen LogP contribution in [0.2, 0.25) is 0 Å². The Morgan fingerprint density at radius 2 is 2.06 bits per heavy atom. The fourth-order valence-electron chi connectivity index (χ4n) is 4.16. The molecule has 0 radical (unpaired) electrons. The Bertz CT molecular complexity index is 1050. The van der Waals surface area contributed by atoms with Crippen molar-refractivity contribution in [3.63, 3.8) is 0 Å². The highest BCUT2D eigenvalue weighted by Gasteiger charge is 2.36. The van der Waals surface area contributed by atoms with E-state index in [9.17, 15) is 9.90 Å². The third-order valence-electron chi connectivity index (χ3n) is 5.44. The van der Waals surface area contributed by atoms with Gasteiger partial charge in [0.25, 0.3) is 5.91 Å². The Balaban J connectivity index is 1.59. The predicted octanol–water partition coefficient (Wildman–Crippen LogP) is 4.43. The lowest BCUT2D eigenvalue weighted by Gasteiger charge is -2.31. The molecule has 4 rings (SSSR count). The molecule has 1 unspecified atom stereocenters. The van der Waals surface area contributed by atoms with E-state index >= 15 is 0 Å². The molecule has 1 aromatic carbocycles. The molecule has 1 atom stereocenters. The fourth-order valence-corrected chi connectivity index (χ4v) is 4.16. The Labute approximate surface area is 188 Å². The number of furan rings is 2. The minimum Gasteiger partial charge on any atom is -0.467 e. The van der Waals surface area contributed by atoms with Gasteiger partial charge >= 0.3 is 0 Å². The van der Waals surface area contributed by atoms with Crippen LogP contribution in [0, 0.1) is 5.41 Å². The van der Waals surface area contributed by atoms with Crippen molar-refractivity contribution in [1.82, 2.24) is 9.91 Å². The summed E-state index contributed by atoms with van der Waals surface area (Å²) in [6, 6.07) is 13.2. The van der Waals surface area contributed by atoms with Crippen molar-refractivity contribution in [2.75, 3.05) is 26.2 Å². The number of fused-ring (bicyclic) bond motifs is 1. The molecule has 0 saturated heterocycles. The molecular formula is C25H31N3O4. The maximum absolute atomic E-state index is 13.4. The molecule has 0 bridgehead atoms. The second-order valence-corrected chi connectivity index (χ2v) is 9.52. The topological polar surface area (TPSA) is 82.4 Å². The molecular weight excluding hydrogens is 406 g/mol. The summed E-state index contributed by atoms with van der Waals surface area (Å²) in [6.45, 7) is 8.15. The SMILES string of the molecule is CC(C)(C)CN(CCCO)CC(=O)N1N=C(c2cc3ccccc3o2)CC1c1ccco1. The summed E-state index contributed by atoms with van der Waals surface area (Å²) < 4.78 is 11.7. The number of carbonyl (C=O) groups is 1. The van der Waals surface area contributed by atoms with E-state index in [1.807, 2.05) is 42.5 Å². The molecule has 0 spiro atoms. The molecule has 3 aromatic rings. The summed E-state index contributed by atoms with van der Waals surface area (Å²) in [4.78, 5) is 15.5. The van der Waals surface area contributed by atoms with E-state index in [1.165, 1.54) is 5.01 Å². The van der Waals surface area contributed by atoms with Gasteiger partial charge in [0.05, 0.1) is 12.8 Å². The number of rotatable bonds is 8. The molecule has 2 aromatic heterocycles. The highest BCUT2D eigenvalue weighted by Crippen LogP contribution is 2.34. The molecule has 7 nitrogen and oxygen atoms in total. The molecule has 32 heavy (non-hydrogen) atoms. The molecule has 0 fully saturated rings. The monoisotopic (exact) mass is 437 g/mol. The Morgan fingerprint density at radius 1 is 1.25 bits per heavy atom. The second-order valence-electron chi connectivity index (χ2n) is 9.52. The quantitative estimate of drug-likeness (QED) is 0.564. The number of aliphatic hydroxyl groups is 1. The van der Waals surface area contributed by atoms with Crippen LogP contribution in [0.3, 0.4) is 0 Å². The standard InChI is InChI=1S/C25H31N3O4/c1-25(2,3)17-27(11-7-12-29)16-24(30)28-20(22-10-6-13-31-22)15-19(26-28)23-14-18-8-4-5-9-21(18)32-23/h4-6,8-10,13-14,20,29H,7,11-12,15-17H2,1-3H3. The first-order valence-electron chi connectivity index (χ1n) is 11.1. The van der Waals surface area contributed by atoms with Gasteiger partial charge in [-0.05, 0) is 36.1 Å². The summed E-state index contributed by atoms with van der Waals surface area (Å²) in [6.07, 6.45) is 2.76. The van der Waals surface area contributed by atoms with Gasteiger partial charge in [-0.15, -0.1) is 0 Å². The first kappa shape index (κ1) is 22.3. The zero-order chi connectivity index (χ0) is 22.7. The zero-order valence-corrected chi connectivity index (χ0v) is 19.0. The van der Waals surface area contributed by atoms with Crippen molar-refractivity contribution >= 4 is 22.6 Å². The molecule has 1 aliphatic rings. The van der Waals surface area contributed by atoms with Crippen LogP contribution in [-0.2, 0) is 4.79 Å². The van der Waals surface area contributed by atoms with Crippen LogP contribution in [0.15, 0.2) is 62.7 Å². The largest absolute Gasteiger partial charge is 0.467 e. The van der Waals surface area contributed by atoms with E-state index in [0.29, 0.717) is 30.9 Å². The Hall–Kier alpha value is -2.90. The Kier molecular flexibility index (Phi) is 6.48. The minimum atomic E-state index is -0.310. The van der Waals surface area contributed by atoms with E-state index in [2.05, 4.69) is 25.7 Å². The van der Waals surface area contributed by atoms with Crippen LogP contribution in [-0.4, -0.2) is 52.9 Å². The van der Waals surface area contributed by atoms with Crippen LogP contribution in [0.5, 0.6) is 0 Å². The number of aliphatic hydroxyl groups excluding tert-OH is 1.